The fourth-order valence-electron chi connectivity index (χ4n) is 6.88. The topological polar surface area (TPSA) is 90.4 Å². The number of aliphatic hydroxyl groups excluding tert-OH is 1. The van der Waals surface area contributed by atoms with E-state index in [1.807, 2.05) is 85.0 Å². The van der Waals surface area contributed by atoms with E-state index in [1.54, 1.807) is 9.80 Å². The number of likely N-dealkylation sites (tertiary alicyclic amines) is 1. The average Bonchev–Trinajstić information content (AvgIpc) is 3.30. The number of hydrogen-bond donors (Lipinski definition) is 1. The zero-order valence-corrected chi connectivity index (χ0v) is 22.6. The summed E-state index contributed by atoms with van der Waals surface area (Å²) in [5.74, 6) is -2.48. The van der Waals surface area contributed by atoms with Gasteiger partial charge in [0.1, 0.15) is 11.6 Å². The molecule has 0 aliphatic carbocycles. The maximum atomic E-state index is 14.6. The number of rotatable bonds is 7. The lowest BCUT2D eigenvalue weighted by Gasteiger charge is -2.38. The second kappa shape index (κ2) is 10.7. The van der Waals surface area contributed by atoms with Gasteiger partial charge in [-0.3, -0.25) is 14.4 Å². The molecule has 2 aromatic carbocycles. The highest BCUT2D eigenvalue weighted by molar-refractivity contribution is 6.04. The number of carbonyl (C=O) groups is 3. The highest BCUT2D eigenvalue weighted by atomic mass is 16.5. The van der Waals surface area contributed by atoms with Crippen LogP contribution in [0.1, 0.15) is 31.4 Å². The van der Waals surface area contributed by atoms with Gasteiger partial charge in [0, 0.05) is 25.3 Å². The van der Waals surface area contributed by atoms with Gasteiger partial charge in [-0.1, -0.05) is 86.2 Å². The van der Waals surface area contributed by atoms with Gasteiger partial charge < -0.3 is 24.5 Å². The summed E-state index contributed by atoms with van der Waals surface area (Å²) in [6.45, 7) is 3.03. The van der Waals surface area contributed by atoms with E-state index in [1.165, 1.54) is 4.90 Å². The van der Waals surface area contributed by atoms with Gasteiger partial charge in [-0.25, -0.2) is 0 Å². The number of aliphatic hydroxyl groups is 1. The first kappa shape index (κ1) is 26.5. The van der Waals surface area contributed by atoms with Crippen molar-refractivity contribution in [2.75, 3.05) is 31.1 Å². The fourth-order valence-corrected chi connectivity index (χ4v) is 6.88. The Labute approximate surface area is 234 Å². The molecule has 2 fully saturated rings. The number of unbranched alkanes of at least 4 members (excludes halogenated alkanes) is 1. The van der Waals surface area contributed by atoms with E-state index in [-0.39, 0.29) is 24.3 Å². The van der Waals surface area contributed by atoms with Crippen LogP contribution in [0.25, 0.3) is 0 Å². The van der Waals surface area contributed by atoms with E-state index in [0.29, 0.717) is 19.6 Å². The van der Waals surface area contributed by atoms with Gasteiger partial charge in [0.2, 0.25) is 17.7 Å². The summed E-state index contributed by atoms with van der Waals surface area (Å²) in [6, 6.07) is 16.9. The molecule has 1 N–H and O–H groups in total. The maximum absolute atomic E-state index is 14.6. The minimum Gasteiger partial charge on any atom is -0.394 e. The first-order chi connectivity index (χ1) is 19.5. The predicted octanol–water partition coefficient (Wildman–Crippen LogP) is 3.10. The number of anilines is 1. The van der Waals surface area contributed by atoms with Gasteiger partial charge in [0.15, 0.2) is 0 Å². The van der Waals surface area contributed by atoms with Crippen LogP contribution in [0.15, 0.2) is 85.0 Å². The van der Waals surface area contributed by atoms with Gasteiger partial charge >= 0.3 is 0 Å². The standard InChI is InChI=1S/C32H35N3O5/c1-2-3-18-33-19-11-17-32-27(26-25(40-32)16-10-20-34(29(26)37)23-14-8-5-9-15-23)30(38)35(28(32)31(33)39)24(21-36)22-12-6-4-7-13-22/h4-17,24-28,36H,2-3,18-21H2,1H3/t24-,25-,26+,27+,28?,32+/m1/s1. The largest absolute Gasteiger partial charge is 0.394 e. The number of hydrogen-bond acceptors (Lipinski definition) is 5. The third-order valence-electron chi connectivity index (χ3n) is 8.72. The molecule has 0 radical (unpaired) electrons. The quantitative estimate of drug-likeness (QED) is 0.544. The van der Waals surface area contributed by atoms with Crippen molar-refractivity contribution in [2.45, 2.75) is 43.6 Å². The number of fused-ring (bicyclic) bond motifs is 2. The summed E-state index contributed by atoms with van der Waals surface area (Å²) >= 11 is 0. The first-order valence-electron chi connectivity index (χ1n) is 14.2. The smallest absolute Gasteiger partial charge is 0.249 e. The third-order valence-corrected chi connectivity index (χ3v) is 8.72. The Bertz CT molecular complexity index is 1330. The molecule has 1 unspecified atom stereocenters. The van der Waals surface area contributed by atoms with Crippen molar-refractivity contribution in [1.29, 1.82) is 0 Å². The molecule has 0 aromatic heterocycles. The first-order valence-corrected chi connectivity index (χ1v) is 14.2. The minimum absolute atomic E-state index is 0.204. The SMILES string of the molecule is CCCCN1CC=C[C@]23O[C@@H]4C=CCN(c5ccccc5)C(=O)[C@@H]4[C@H]2C(=O)N([C@H](CO)c2ccccc2)C3C1=O. The highest BCUT2D eigenvalue weighted by Crippen LogP contribution is 2.55. The maximum Gasteiger partial charge on any atom is 0.249 e. The van der Waals surface area contributed by atoms with Gasteiger partial charge in [-0.05, 0) is 24.1 Å². The highest BCUT2D eigenvalue weighted by Gasteiger charge is 2.72. The van der Waals surface area contributed by atoms with Crippen molar-refractivity contribution >= 4 is 23.4 Å². The average molecular weight is 542 g/mol. The molecular weight excluding hydrogens is 506 g/mol. The monoisotopic (exact) mass is 541 g/mol. The molecular formula is C32H35N3O5. The number of para-hydroxylation sites is 1. The number of carbonyl (C=O) groups excluding carboxylic acids is 3. The predicted molar refractivity (Wildman–Crippen MR) is 150 cm³/mol. The van der Waals surface area contributed by atoms with E-state index < -0.39 is 35.6 Å². The molecule has 2 saturated heterocycles. The Morgan fingerprint density at radius 3 is 2.38 bits per heavy atom. The Morgan fingerprint density at radius 2 is 1.68 bits per heavy atom. The zero-order chi connectivity index (χ0) is 27.9. The lowest BCUT2D eigenvalue weighted by atomic mass is 9.77. The van der Waals surface area contributed by atoms with Crippen LogP contribution >= 0.6 is 0 Å². The van der Waals surface area contributed by atoms with Crippen molar-refractivity contribution in [3.63, 3.8) is 0 Å². The Hall–Kier alpha value is -3.75. The van der Waals surface area contributed by atoms with E-state index in [4.69, 9.17) is 4.74 Å². The van der Waals surface area contributed by atoms with Crippen LogP contribution in [0.2, 0.25) is 0 Å². The van der Waals surface area contributed by atoms with Crippen molar-refractivity contribution in [3.05, 3.63) is 90.5 Å². The summed E-state index contributed by atoms with van der Waals surface area (Å²) in [4.78, 5) is 48.1. The van der Waals surface area contributed by atoms with Gasteiger partial charge in [-0.2, -0.15) is 0 Å². The van der Waals surface area contributed by atoms with E-state index in [2.05, 4.69) is 6.92 Å². The van der Waals surface area contributed by atoms with Crippen LogP contribution in [0, 0.1) is 11.8 Å². The van der Waals surface area contributed by atoms with Crippen LogP contribution in [0.4, 0.5) is 5.69 Å². The van der Waals surface area contributed by atoms with Crippen LogP contribution in [0.3, 0.4) is 0 Å². The van der Waals surface area contributed by atoms with Crippen LogP contribution in [0.5, 0.6) is 0 Å². The molecule has 0 saturated carbocycles. The fraction of sp³-hybridized carbons (Fsp3) is 0.406. The van der Waals surface area contributed by atoms with E-state index in [9.17, 15) is 19.5 Å². The summed E-state index contributed by atoms with van der Waals surface area (Å²) in [7, 11) is 0. The number of ether oxygens (including phenoxy) is 1. The molecule has 8 heteroatoms. The molecule has 0 bridgehead atoms. The molecule has 4 aliphatic heterocycles. The number of benzene rings is 2. The normalized spacial score (nSPS) is 30.1. The van der Waals surface area contributed by atoms with Crippen molar-refractivity contribution in [2.24, 2.45) is 11.8 Å². The molecule has 8 nitrogen and oxygen atoms in total. The summed E-state index contributed by atoms with van der Waals surface area (Å²) in [6.07, 6.45) is 8.63. The Kier molecular flexibility index (Phi) is 7.06. The molecule has 208 valence electrons. The van der Waals surface area contributed by atoms with Crippen LogP contribution in [-0.2, 0) is 19.1 Å². The zero-order valence-electron chi connectivity index (χ0n) is 22.6. The lowest BCUT2D eigenvalue weighted by Crippen LogP contribution is -2.56. The summed E-state index contributed by atoms with van der Waals surface area (Å²) in [5.41, 5.74) is 0.143. The number of amides is 3. The van der Waals surface area contributed by atoms with Crippen molar-refractivity contribution in [3.8, 4) is 0 Å². The Morgan fingerprint density at radius 1 is 0.950 bits per heavy atom. The molecule has 2 aromatic rings. The second-order valence-electron chi connectivity index (χ2n) is 10.9. The van der Waals surface area contributed by atoms with Crippen LogP contribution in [-0.4, -0.2) is 76.6 Å². The van der Waals surface area contributed by atoms with Crippen molar-refractivity contribution in [1.82, 2.24) is 9.80 Å². The summed E-state index contributed by atoms with van der Waals surface area (Å²) in [5, 5.41) is 10.6. The molecule has 4 heterocycles. The van der Waals surface area contributed by atoms with Crippen molar-refractivity contribution < 1.29 is 24.2 Å². The second-order valence-corrected chi connectivity index (χ2v) is 10.9. The molecule has 6 atom stereocenters. The van der Waals surface area contributed by atoms with E-state index >= 15 is 0 Å². The minimum atomic E-state index is -1.33. The summed E-state index contributed by atoms with van der Waals surface area (Å²) < 4.78 is 6.74. The molecule has 6 rings (SSSR count). The molecule has 3 amide bonds. The van der Waals surface area contributed by atoms with Crippen LogP contribution < -0.4 is 4.90 Å². The van der Waals surface area contributed by atoms with Gasteiger partial charge in [-0.15, -0.1) is 0 Å². The van der Waals surface area contributed by atoms with Gasteiger partial charge in [0.25, 0.3) is 0 Å². The van der Waals surface area contributed by atoms with E-state index in [0.717, 1.165) is 24.1 Å². The molecule has 1 spiro atoms. The van der Waals surface area contributed by atoms with Gasteiger partial charge in [0.05, 0.1) is 30.6 Å². The lowest BCUT2D eigenvalue weighted by molar-refractivity contribution is -0.150. The molecule has 40 heavy (non-hydrogen) atoms. The third kappa shape index (κ3) is 4.09. The Balaban J connectivity index is 1.47. The number of nitrogens with zero attached hydrogens (tertiary/aromatic N) is 3. The molecule has 4 aliphatic rings.